The van der Waals surface area contributed by atoms with Gasteiger partial charge >= 0.3 is 0 Å². The van der Waals surface area contributed by atoms with E-state index < -0.39 is 0 Å². The second kappa shape index (κ2) is 11.7. The molecule has 0 bridgehead atoms. The van der Waals surface area contributed by atoms with Gasteiger partial charge in [-0.1, -0.05) is 29.8 Å². The zero-order valence-corrected chi connectivity index (χ0v) is 19.2. The van der Waals surface area contributed by atoms with Crippen LogP contribution in [0.15, 0.2) is 29.3 Å². The second-order valence-corrected chi connectivity index (χ2v) is 8.72. The average molecular weight is 417 g/mol. The fraction of sp³-hybridized carbons (Fsp3) is 0.708. The molecule has 2 N–H and O–H groups in total. The molecule has 0 radical (unpaired) electrons. The normalized spacial score (nSPS) is 26.9. The van der Waals surface area contributed by atoms with Gasteiger partial charge in [-0.2, -0.15) is 0 Å². The number of ether oxygens (including phenoxy) is 2. The van der Waals surface area contributed by atoms with Crippen LogP contribution in [0, 0.1) is 12.8 Å². The van der Waals surface area contributed by atoms with Gasteiger partial charge in [0.05, 0.1) is 25.9 Å². The molecule has 1 aromatic rings. The molecule has 0 amide bonds. The fourth-order valence-corrected chi connectivity index (χ4v) is 4.47. The number of rotatable bonds is 7. The number of nitrogens with one attached hydrogen (secondary N) is 2. The Hall–Kier alpha value is -1.63. The first kappa shape index (κ1) is 23.0. The van der Waals surface area contributed by atoms with E-state index in [9.17, 15) is 0 Å². The number of guanidine groups is 1. The van der Waals surface area contributed by atoms with Crippen molar-refractivity contribution in [2.24, 2.45) is 10.9 Å². The van der Waals surface area contributed by atoms with Crippen LogP contribution in [-0.2, 0) is 9.47 Å². The van der Waals surface area contributed by atoms with E-state index in [2.05, 4.69) is 67.5 Å². The van der Waals surface area contributed by atoms with E-state index in [0.717, 1.165) is 58.4 Å². The molecule has 2 fully saturated rings. The van der Waals surface area contributed by atoms with E-state index in [4.69, 9.17) is 14.5 Å². The van der Waals surface area contributed by atoms with E-state index in [1.807, 2.05) is 0 Å². The van der Waals surface area contributed by atoms with Crippen molar-refractivity contribution in [3.63, 3.8) is 0 Å². The van der Waals surface area contributed by atoms with Crippen LogP contribution in [0.25, 0.3) is 0 Å². The van der Waals surface area contributed by atoms with Gasteiger partial charge in [0.25, 0.3) is 0 Å². The van der Waals surface area contributed by atoms with Crippen molar-refractivity contribution in [1.82, 2.24) is 15.5 Å². The van der Waals surface area contributed by atoms with Gasteiger partial charge in [0, 0.05) is 44.2 Å². The lowest BCUT2D eigenvalue weighted by molar-refractivity contribution is -0.0265. The fourth-order valence-electron chi connectivity index (χ4n) is 4.47. The average Bonchev–Trinajstić information content (AvgIpc) is 2.76. The third-order valence-corrected chi connectivity index (χ3v) is 6.23. The Morgan fingerprint density at radius 1 is 1.23 bits per heavy atom. The third-order valence-electron chi connectivity index (χ3n) is 6.23. The first-order chi connectivity index (χ1) is 14.6. The Balaban J connectivity index is 1.58. The van der Waals surface area contributed by atoms with Gasteiger partial charge in [0.2, 0.25) is 0 Å². The highest BCUT2D eigenvalue weighted by Crippen LogP contribution is 2.33. The highest BCUT2D eigenvalue weighted by atomic mass is 16.5. The maximum Gasteiger partial charge on any atom is 0.191 e. The molecule has 4 unspecified atom stereocenters. The van der Waals surface area contributed by atoms with Gasteiger partial charge in [-0.3, -0.25) is 9.89 Å². The Labute approximate surface area is 182 Å². The molecular weight excluding hydrogens is 376 g/mol. The van der Waals surface area contributed by atoms with Crippen molar-refractivity contribution in [1.29, 1.82) is 0 Å². The molecule has 2 aliphatic heterocycles. The van der Waals surface area contributed by atoms with E-state index in [-0.39, 0.29) is 6.10 Å². The lowest BCUT2D eigenvalue weighted by Gasteiger charge is -2.37. The summed E-state index contributed by atoms with van der Waals surface area (Å²) in [5.74, 6) is 1.35. The summed E-state index contributed by atoms with van der Waals surface area (Å²) in [6.45, 7) is 14.7. The van der Waals surface area contributed by atoms with Crippen molar-refractivity contribution in [3.8, 4) is 0 Å². The minimum absolute atomic E-state index is 0.155. The molecule has 30 heavy (non-hydrogen) atoms. The summed E-state index contributed by atoms with van der Waals surface area (Å²) in [5, 5.41) is 7.00. The van der Waals surface area contributed by atoms with Crippen LogP contribution in [0.3, 0.4) is 0 Å². The van der Waals surface area contributed by atoms with E-state index >= 15 is 0 Å². The number of morpholine rings is 1. The van der Waals surface area contributed by atoms with E-state index in [0.29, 0.717) is 18.0 Å². The Bertz CT molecular complexity index is 664. The number of benzene rings is 1. The lowest BCUT2D eigenvalue weighted by Crippen LogP contribution is -2.50. The minimum atomic E-state index is 0.155. The monoisotopic (exact) mass is 416 g/mol. The van der Waals surface area contributed by atoms with Crippen LogP contribution in [0.5, 0.6) is 0 Å². The molecule has 0 aromatic heterocycles. The zero-order valence-electron chi connectivity index (χ0n) is 19.2. The van der Waals surface area contributed by atoms with Gasteiger partial charge < -0.3 is 20.1 Å². The van der Waals surface area contributed by atoms with Crippen LogP contribution in [0.1, 0.15) is 50.8 Å². The summed E-state index contributed by atoms with van der Waals surface area (Å²) in [6.07, 6.45) is 2.45. The number of nitrogens with zero attached hydrogens (tertiary/aromatic N) is 2. The maximum absolute atomic E-state index is 6.18. The zero-order chi connectivity index (χ0) is 21.3. The molecular formula is C24H40N4O2. The number of aryl methyl sites for hydroxylation is 1. The molecule has 0 saturated carbocycles. The summed E-state index contributed by atoms with van der Waals surface area (Å²) >= 11 is 0. The maximum atomic E-state index is 6.18. The Morgan fingerprint density at radius 2 is 2.03 bits per heavy atom. The summed E-state index contributed by atoms with van der Waals surface area (Å²) in [4.78, 5) is 7.39. The summed E-state index contributed by atoms with van der Waals surface area (Å²) in [6, 6.07) is 9.63. The van der Waals surface area contributed by atoms with Gasteiger partial charge in [0.15, 0.2) is 5.96 Å². The van der Waals surface area contributed by atoms with Gasteiger partial charge in [0.1, 0.15) is 0 Å². The van der Waals surface area contributed by atoms with E-state index in [1.165, 1.54) is 17.5 Å². The van der Waals surface area contributed by atoms with Gasteiger partial charge in [-0.15, -0.1) is 0 Å². The third kappa shape index (κ3) is 6.43. The summed E-state index contributed by atoms with van der Waals surface area (Å²) < 4.78 is 11.8. The summed E-state index contributed by atoms with van der Waals surface area (Å²) in [5.41, 5.74) is 2.57. The minimum Gasteiger partial charge on any atom is -0.379 e. The number of hydrogen-bond acceptors (Lipinski definition) is 4. The van der Waals surface area contributed by atoms with Crippen LogP contribution in [0.4, 0.5) is 0 Å². The predicted octanol–water partition coefficient (Wildman–Crippen LogP) is 3.13. The largest absolute Gasteiger partial charge is 0.379 e. The van der Waals surface area contributed by atoms with Crippen LogP contribution >= 0.6 is 0 Å². The first-order valence-electron chi connectivity index (χ1n) is 11.6. The molecule has 0 spiro atoms. The summed E-state index contributed by atoms with van der Waals surface area (Å²) in [7, 11) is 0. The molecule has 4 atom stereocenters. The number of hydrogen-bond donors (Lipinski definition) is 2. The Morgan fingerprint density at radius 3 is 2.77 bits per heavy atom. The predicted molar refractivity (Wildman–Crippen MR) is 123 cm³/mol. The van der Waals surface area contributed by atoms with Crippen molar-refractivity contribution in [2.45, 2.75) is 58.7 Å². The molecule has 2 aliphatic rings. The molecule has 0 aliphatic carbocycles. The van der Waals surface area contributed by atoms with Gasteiger partial charge in [-0.05, 0) is 46.1 Å². The standard InChI is InChI=1S/C24H40N4O2/c1-5-25-24(26-15-19(3)28-12-14-29-17-20(28)4)27-16-22-7-6-13-30-23(22)21-10-8-18(2)9-11-21/h8-11,19-20,22-23H,5-7,12-17H2,1-4H3,(H2,25,26,27). The van der Waals surface area contributed by atoms with E-state index in [1.54, 1.807) is 0 Å². The Kier molecular flexibility index (Phi) is 8.97. The first-order valence-corrected chi connectivity index (χ1v) is 11.6. The molecule has 2 saturated heterocycles. The second-order valence-electron chi connectivity index (χ2n) is 8.72. The van der Waals surface area contributed by atoms with Crippen LogP contribution in [0.2, 0.25) is 0 Å². The van der Waals surface area contributed by atoms with Crippen LogP contribution < -0.4 is 10.6 Å². The smallest absolute Gasteiger partial charge is 0.191 e. The molecule has 168 valence electrons. The highest BCUT2D eigenvalue weighted by Gasteiger charge is 2.28. The highest BCUT2D eigenvalue weighted by molar-refractivity contribution is 5.79. The van der Waals surface area contributed by atoms with Crippen molar-refractivity contribution in [3.05, 3.63) is 35.4 Å². The molecule has 2 heterocycles. The molecule has 1 aromatic carbocycles. The van der Waals surface area contributed by atoms with Crippen molar-refractivity contribution < 1.29 is 9.47 Å². The quantitative estimate of drug-likeness (QED) is 0.528. The lowest BCUT2D eigenvalue weighted by atomic mass is 9.89. The van der Waals surface area contributed by atoms with Crippen molar-refractivity contribution >= 4 is 5.96 Å². The van der Waals surface area contributed by atoms with Gasteiger partial charge in [-0.25, -0.2) is 0 Å². The molecule has 6 nitrogen and oxygen atoms in total. The van der Waals surface area contributed by atoms with Crippen molar-refractivity contribution in [2.75, 3.05) is 46.0 Å². The van der Waals surface area contributed by atoms with Crippen LogP contribution in [-0.4, -0.2) is 68.9 Å². The molecule has 3 rings (SSSR count). The topological polar surface area (TPSA) is 58.1 Å². The number of aliphatic imine (C=N–C) groups is 1. The molecule has 6 heteroatoms. The SMILES string of the molecule is CCNC(=NCC(C)N1CCOCC1C)NCC1CCCOC1c1ccc(C)cc1.